The van der Waals surface area contributed by atoms with Crippen LogP contribution in [0.4, 0.5) is 14.6 Å². The predicted molar refractivity (Wildman–Crippen MR) is 113 cm³/mol. The maximum Gasteiger partial charge on any atom is 0.387 e. The number of nitrogens with one attached hydrogen (secondary N) is 1. The summed E-state index contributed by atoms with van der Waals surface area (Å²) in [5.74, 6) is -0.244. The van der Waals surface area contributed by atoms with Crippen molar-refractivity contribution in [1.82, 2.24) is 9.78 Å². The molecule has 0 spiro atoms. The number of halogens is 4. The molecule has 1 N–H and O–H groups in total. The number of anilines is 1. The van der Waals surface area contributed by atoms with Gasteiger partial charge in [0.2, 0.25) is 0 Å². The summed E-state index contributed by atoms with van der Waals surface area (Å²) in [5, 5.41) is 7.69. The lowest BCUT2D eigenvalue weighted by Crippen LogP contribution is -2.14. The highest BCUT2D eigenvalue weighted by atomic mass is 79.9. The lowest BCUT2D eigenvalue weighted by Gasteiger charge is -2.12. The molecule has 0 fully saturated rings. The molecule has 0 radical (unpaired) electrons. The molecule has 0 atom stereocenters. The van der Waals surface area contributed by atoms with Crippen LogP contribution < -0.4 is 14.8 Å². The highest BCUT2D eigenvalue weighted by Gasteiger charge is 2.17. The molecule has 1 heterocycles. The number of rotatable bonds is 8. The number of carbonyl (C=O) groups excluding carboxylic acids is 1. The van der Waals surface area contributed by atoms with E-state index in [4.69, 9.17) is 16.3 Å². The van der Waals surface area contributed by atoms with E-state index in [1.54, 1.807) is 29.9 Å². The first-order chi connectivity index (χ1) is 14.4. The van der Waals surface area contributed by atoms with E-state index in [-0.39, 0.29) is 23.7 Å². The topological polar surface area (TPSA) is 65.4 Å². The second-order valence-electron chi connectivity index (χ2n) is 6.08. The van der Waals surface area contributed by atoms with E-state index in [1.165, 1.54) is 18.2 Å². The van der Waals surface area contributed by atoms with Crippen LogP contribution in [0.15, 0.2) is 53.1 Å². The van der Waals surface area contributed by atoms with Crippen LogP contribution in [0.25, 0.3) is 0 Å². The molecule has 3 aromatic rings. The molecule has 2 aromatic carbocycles. The van der Waals surface area contributed by atoms with E-state index < -0.39 is 12.5 Å². The number of amides is 1. The Morgan fingerprint density at radius 2 is 1.97 bits per heavy atom. The van der Waals surface area contributed by atoms with E-state index in [2.05, 4.69) is 31.1 Å². The van der Waals surface area contributed by atoms with Crippen LogP contribution in [-0.4, -0.2) is 28.9 Å². The zero-order chi connectivity index (χ0) is 21.7. The maximum atomic E-state index is 12.6. The molecular weight excluding hydrogens is 484 g/mol. The van der Waals surface area contributed by atoms with E-state index in [0.29, 0.717) is 21.9 Å². The summed E-state index contributed by atoms with van der Waals surface area (Å²) in [6.07, 6.45) is 1.73. The van der Waals surface area contributed by atoms with Crippen LogP contribution in [-0.2, 0) is 6.54 Å². The second kappa shape index (κ2) is 9.90. The van der Waals surface area contributed by atoms with Crippen molar-refractivity contribution in [3.05, 3.63) is 69.3 Å². The molecule has 1 aromatic heterocycles. The molecule has 10 heteroatoms. The van der Waals surface area contributed by atoms with Gasteiger partial charge in [0, 0.05) is 16.8 Å². The lowest BCUT2D eigenvalue weighted by molar-refractivity contribution is -0.0514. The van der Waals surface area contributed by atoms with Crippen molar-refractivity contribution in [1.29, 1.82) is 0 Å². The first-order valence-electron chi connectivity index (χ1n) is 8.86. The van der Waals surface area contributed by atoms with Gasteiger partial charge in [0.1, 0.15) is 0 Å². The Morgan fingerprint density at radius 1 is 1.23 bits per heavy atom. The van der Waals surface area contributed by atoms with Crippen molar-refractivity contribution in [3.8, 4) is 11.5 Å². The van der Waals surface area contributed by atoms with Gasteiger partial charge in [0.05, 0.1) is 17.6 Å². The first kappa shape index (κ1) is 22.0. The molecule has 1 amide bonds. The van der Waals surface area contributed by atoms with Crippen LogP contribution >= 0.6 is 27.5 Å². The molecule has 3 rings (SSSR count). The SMILES string of the molecule is CCOc1cc(C(=O)Nc2nn(Cc3ccc(Cl)cc3)cc2Br)ccc1OC(F)F. The van der Waals surface area contributed by atoms with Gasteiger partial charge in [0.15, 0.2) is 17.3 Å². The standard InChI is InChI=1S/C20H17BrClF2N3O3/c1-2-29-17-9-13(5-8-16(17)30-20(23)24)19(28)25-18-15(21)11-27(26-18)10-12-3-6-14(22)7-4-12/h3-9,11,20H,2,10H2,1H3,(H,25,26,28). The number of nitrogens with zero attached hydrogens (tertiary/aromatic N) is 2. The van der Waals surface area contributed by atoms with Crippen LogP contribution in [0.1, 0.15) is 22.8 Å². The minimum Gasteiger partial charge on any atom is -0.490 e. The smallest absolute Gasteiger partial charge is 0.387 e. The summed E-state index contributed by atoms with van der Waals surface area (Å²) in [6.45, 7) is -0.585. The van der Waals surface area contributed by atoms with Crippen molar-refractivity contribution >= 4 is 39.3 Å². The van der Waals surface area contributed by atoms with Crippen molar-refractivity contribution < 1.29 is 23.0 Å². The molecule has 0 aliphatic heterocycles. The second-order valence-corrected chi connectivity index (χ2v) is 7.37. The quantitative estimate of drug-likeness (QED) is 0.437. The van der Waals surface area contributed by atoms with Gasteiger partial charge in [-0.15, -0.1) is 0 Å². The van der Waals surface area contributed by atoms with E-state index in [0.717, 1.165) is 5.56 Å². The fourth-order valence-corrected chi connectivity index (χ4v) is 3.17. The summed E-state index contributed by atoms with van der Waals surface area (Å²) in [6, 6.07) is 11.3. The zero-order valence-corrected chi connectivity index (χ0v) is 18.1. The van der Waals surface area contributed by atoms with Crippen molar-refractivity contribution in [2.24, 2.45) is 0 Å². The number of carbonyl (C=O) groups is 1. The third kappa shape index (κ3) is 5.70. The summed E-state index contributed by atoms with van der Waals surface area (Å²) in [4.78, 5) is 12.6. The molecule has 30 heavy (non-hydrogen) atoms. The minimum atomic E-state index is -3.00. The monoisotopic (exact) mass is 499 g/mol. The van der Waals surface area contributed by atoms with E-state index >= 15 is 0 Å². The van der Waals surface area contributed by atoms with E-state index in [9.17, 15) is 13.6 Å². The fraction of sp³-hybridized carbons (Fsp3) is 0.200. The summed E-state index contributed by atoms with van der Waals surface area (Å²) >= 11 is 9.27. The van der Waals surface area contributed by atoms with Gasteiger partial charge in [-0.05, 0) is 58.7 Å². The summed E-state index contributed by atoms with van der Waals surface area (Å²) in [5.41, 5.74) is 1.20. The number of ether oxygens (including phenoxy) is 2. The number of benzene rings is 2. The average Bonchev–Trinajstić information content (AvgIpc) is 3.03. The number of hydrogen-bond donors (Lipinski definition) is 1. The molecular formula is C20H17BrClF2N3O3. The normalized spacial score (nSPS) is 10.9. The molecule has 0 unspecified atom stereocenters. The van der Waals surface area contributed by atoms with Gasteiger partial charge in [-0.2, -0.15) is 13.9 Å². The summed E-state index contributed by atoms with van der Waals surface area (Å²) in [7, 11) is 0. The predicted octanol–water partition coefficient (Wildman–Crippen LogP) is 5.60. The van der Waals surface area contributed by atoms with Crippen LogP contribution in [0.2, 0.25) is 5.02 Å². The Hall–Kier alpha value is -2.65. The highest BCUT2D eigenvalue weighted by Crippen LogP contribution is 2.30. The Bertz CT molecular complexity index is 1030. The Kier molecular flexibility index (Phi) is 7.28. The Morgan fingerprint density at radius 3 is 2.63 bits per heavy atom. The third-order valence-electron chi connectivity index (χ3n) is 3.93. The lowest BCUT2D eigenvalue weighted by atomic mass is 10.2. The summed E-state index contributed by atoms with van der Waals surface area (Å²) < 4.78 is 37.0. The van der Waals surface area contributed by atoms with Gasteiger partial charge in [-0.3, -0.25) is 9.48 Å². The number of alkyl halides is 2. The fourth-order valence-electron chi connectivity index (χ4n) is 2.63. The largest absolute Gasteiger partial charge is 0.490 e. The molecule has 158 valence electrons. The van der Waals surface area contributed by atoms with Gasteiger partial charge >= 0.3 is 6.61 Å². The Labute approximate surface area is 184 Å². The van der Waals surface area contributed by atoms with Crippen molar-refractivity contribution in [2.45, 2.75) is 20.1 Å². The highest BCUT2D eigenvalue weighted by molar-refractivity contribution is 9.10. The first-order valence-corrected chi connectivity index (χ1v) is 10.0. The van der Waals surface area contributed by atoms with E-state index in [1.807, 2.05) is 12.1 Å². The molecule has 0 saturated heterocycles. The molecule has 0 bridgehead atoms. The van der Waals surface area contributed by atoms with Gasteiger partial charge in [-0.1, -0.05) is 23.7 Å². The van der Waals surface area contributed by atoms with Gasteiger partial charge < -0.3 is 14.8 Å². The number of aromatic nitrogens is 2. The van der Waals surface area contributed by atoms with Crippen LogP contribution in [0.3, 0.4) is 0 Å². The maximum absolute atomic E-state index is 12.6. The zero-order valence-electron chi connectivity index (χ0n) is 15.7. The van der Waals surface area contributed by atoms with Crippen molar-refractivity contribution in [2.75, 3.05) is 11.9 Å². The van der Waals surface area contributed by atoms with Gasteiger partial charge in [0.25, 0.3) is 5.91 Å². The average molecular weight is 501 g/mol. The van der Waals surface area contributed by atoms with Crippen LogP contribution in [0.5, 0.6) is 11.5 Å². The molecule has 0 saturated carbocycles. The third-order valence-corrected chi connectivity index (χ3v) is 4.76. The minimum absolute atomic E-state index is 0.0535. The molecule has 0 aliphatic rings. The molecule has 0 aliphatic carbocycles. The van der Waals surface area contributed by atoms with Crippen molar-refractivity contribution in [3.63, 3.8) is 0 Å². The van der Waals surface area contributed by atoms with Crippen LogP contribution in [0, 0.1) is 0 Å². The Balaban J connectivity index is 1.74. The molecule has 6 nitrogen and oxygen atoms in total. The number of hydrogen-bond acceptors (Lipinski definition) is 4. The van der Waals surface area contributed by atoms with Gasteiger partial charge in [-0.25, -0.2) is 0 Å².